The molecule has 19 heavy (non-hydrogen) atoms. The van der Waals surface area contributed by atoms with E-state index in [-0.39, 0.29) is 6.04 Å². The third-order valence-electron chi connectivity index (χ3n) is 2.61. The van der Waals surface area contributed by atoms with E-state index in [1.165, 1.54) is 0 Å². The summed E-state index contributed by atoms with van der Waals surface area (Å²) in [5, 5.41) is -0.411. The fraction of sp³-hybridized carbons (Fsp3) is 0.429. The Morgan fingerprint density at radius 2 is 2.37 bits per heavy atom. The fourth-order valence-corrected chi connectivity index (χ4v) is 1.40. The molecule has 1 atom stereocenters. The number of carbonyl (C=O) groups excluding carboxylic acids is 1. The van der Waals surface area contributed by atoms with Gasteiger partial charge >= 0.3 is 0 Å². The van der Waals surface area contributed by atoms with Crippen LogP contribution in [0.3, 0.4) is 0 Å². The van der Waals surface area contributed by atoms with Crippen LogP contribution < -0.4 is 0 Å². The van der Waals surface area contributed by atoms with Crippen LogP contribution in [0.2, 0.25) is 0 Å². The molecule has 0 spiro atoms. The summed E-state index contributed by atoms with van der Waals surface area (Å²) in [7, 11) is 1.94. The van der Waals surface area contributed by atoms with Crippen molar-refractivity contribution in [2.24, 2.45) is 0 Å². The molecule has 0 N–H and O–H groups in total. The maximum absolute atomic E-state index is 10.6. The van der Waals surface area contributed by atoms with Crippen LogP contribution >= 0.6 is 12.6 Å². The Balaban J connectivity index is 2.22. The maximum Gasteiger partial charge on any atom is 0.259 e. The van der Waals surface area contributed by atoms with E-state index in [4.69, 9.17) is 4.74 Å². The predicted octanol–water partition coefficient (Wildman–Crippen LogP) is 1.38. The zero-order chi connectivity index (χ0) is 14.1. The second kappa shape index (κ2) is 8.70. The quantitative estimate of drug-likeness (QED) is 0.485. The lowest BCUT2D eigenvalue weighted by atomic mass is 10.3. The van der Waals surface area contributed by atoms with Crippen molar-refractivity contribution in [1.82, 2.24) is 9.88 Å². The SMILES string of the molecule is CC(C#CC(=O)S)N(C)CCOCc1ccccn1. The van der Waals surface area contributed by atoms with E-state index in [1.54, 1.807) is 6.20 Å². The molecular weight excluding hydrogens is 260 g/mol. The molecule has 5 heteroatoms. The van der Waals surface area contributed by atoms with Crippen molar-refractivity contribution in [3.05, 3.63) is 30.1 Å². The average Bonchev–Trinajstić information content (AvgIpc) is 2.41. The van der Waals surface area contributed by atoms with E-state index >= 15 is 0 Å². The lowest BCUT2D eigenvalue weighted by molar-refractivity contribution is -0.106. The summed E-state index contributed by atoms with van der Waals surface area (Å²) in [4.78, 5) is 16.8. The van der Waals surface area contributed by atoms with Gasteiger partial charge in [0.05, 0.1) is 24.9 Å². The molecule has 4 nitrogen and oxygen atoms in total. The number of ether oxygens (including phenoxy) is 1. The van der Waals surface area contributed by atoms with Crippen LogP contribution in [0.1, 0.15) is 12.6 Å². The standard InChI is InChI=1S/C14H18N2O2S/c1-12(6-7-14(17)19)16(2)9-10-18-11-13-5-3-4-8-15-13/h3-5,8,12H,9-11H2,1-2H3,(H,17,19). The van der Waals surface area contributed by atoms with Crippen molar-refractivity contribution in [1.29, 1.82) is 0 Å². The molecule has 0 aromatic carbocycles. The molecule has 0 amide bonds. The first-order chi connectivity index (χ1) is 9.09. The van der Waals surface area contributed by atoms with E-state index in [9.17, 15) is 4.79 Å². The minimum atomic E-state index is -0.411. The molecule has 0 bridgehead atoms. The highest BCUT2D eigenvalue weighted by atomic mass is 32.1. The van der Waals surface area contributed by atoms with Gasteiger partial charge in [-0.25, -0.2) is 0 Å². The second-order valence-corrected chi connectivity index (χ2v) is 4.51. The van der Waals surface area contributed by atoms with Gasteiger partial charge in [-0.15, -0.1) is 0 Å². The molecule has 0 saturated carbocycles. The number of rotatable bonds is 6. The van der Waals surface area contributed by atoms with Crippen molar-refractivity contribution in [3.8, 4) is 11.8 Å². The number of hydrogen-bond donors (Lipinski definition) is 1. The largest absolute Gasteiger partial charge is 0.374 e. The van der Waals surface area contributed by atoms with E-state index in [0.29, 0.717) is 13.2 Å². The lowest BCUT2D eigenvalue weighted by Crippen LogP contribution is -2.31. The van der Waals surface area contributed by atoms with Crippen LogP contribution in [0, 0.1) is 11.8 Å². The number of hydrogen-bond acceptors (Lipinski definition) is 4. The van der Waals surface area contributed by atoms with E-state index < -0.39 is 5.12 Å². The van der Waals surface area contributed by atoms with Gasteiger partial charge in [0.25, 0.3) is 5.12 Å². The molecule has 0 fully saturated rings. The van der Waals surface area contributed by atoms with Gasteiger partial charge in [-0.1, -0.05) is 24.6 Å². The summed E-state index contributed by atoms with van der Waals surface area (Å²) in [6.07, 6.45) is 1.75. The lowest BCUT2D eigenvalue weighted by Gasteiger charge is -2.19. The smallest absolute Gasteiger partial charge is 0.259 e. The van der Waals surface area contributed by atoms with Crippen molar-refractivity contribution < 1.29 is 9.53 Å². The zero-order valence-electron chi connectivity index (χ0n) is 11.2. The Hall–Kier alpha value is -1.35. The molecule has 0 saturated heterocycles. The monoisotopic (exact) mass is 278 g/mol. The summed E-state index contributed by atoms with van der Waals surface area (Å²) in [6.45, 7) is 3.77. The molecule has 1 aromatic heterocycles. The first-order valence-corrected chi connectivity index (χ1v) is 6.46. The fourth-order valence-electron chi connectivity index (χ4n) is 1.34. The van der Waals surface area contributed by atoms with Gasteiger partial charge in [0.2, 0.25) is 0 Å². The van der Waals surface area contributed by atoms with Gasteiger partial charge < -0.3 is 4.74 Å². The molecule has 1 heterocycles. The minimum Gasteiger partial charge on any atom is -0.374 e. The normalized spacial score (nSPS) is 11.8. The predicted molar refractivity (Wildman–Crippen MR) is 77.8 cm³/mol. The average molecular weight is 278 g/mol. The molecule has 0 radical (unpaired) electrons. The van der Waals surface area contributed by atoms with Crippen LogP contribution in [0.15, 0.2) is 24.4 Å². The molecule has 0 aliphatic carbocycles. The molecule has 1 rings (SSSR count). The molecular formula is C14H18N2O2S. The maximum atomic E-state index is 10.6. The summed E-state index contributed by atoms with van der Waals surface area (Å²) in [5.74, 6) is 5.25. The van der Waals surface area contributed by atoms with Crippen LogP contribution in [0.4, 0.5) is 0 Å². The van der Waals surface area contributed by atoms with Crippen molar-refractivity contribution in [3.63, 3.8) is 0 Å². The van der Waals surface area contributed by atoms with Gasteiger partial charge in [0, 0.05) is 12.7 Å². The van der Waals surface area contributed by atoms with Gasteiger partial charge in [-0.3, -0.25) is 14.7 Å². The zero-order valence-corrected chi connectivity index (χ0v) is 12.1. The molecule has 0 aliphatic heterocycles. The number of carbonyl (C=O) groups is 1. The van der Waals surface area contributed by atoms with Crippen LogP contribution in [-0.4, -0.2) is 41.2 Å². The third-order valence-corrected chi connectivity index (χ3v) is 2.73. The molecule has 1 aromatic rings. The van der Waals surface area contributed by atoms with Crippen LogP contribution in [-0.2, 0) is 16.1 Å². The Morgan fingerprint density at radius 3 is 3.00 bits per heavy atom. The Kier molecular flexibility index (Phi) is 7.19. The number of aromatic nitrogens is 1. The highest BCUT2D eigenvalue weighted by Crippen LogP contribution is 1.98. The van der Waals surface area contributed by atoms with Gasteiger partial charge in [-0.2, -0.15) is 0 Å². The van der Waals surface area contributed by atoms with Gasteiger partial charge in [0.1, 0.15) is 0 Å². The molecule has 1 unspecified atom stereocenters. The number of likely N-dealkylation sites (N-methyl/N-ethyl adjacent to an activating group) is 1. The summed E-state index contributed by atoms with van der Waals surface area (Å²) >= 11 is 3.60. The van der Waals surface area contributed by atoms with Crippen molar-refractivity contribution in [2.75, 3.05) is 20.2 Å². The molecule has 0 aliphatic rings. The van der Waals surface area contributed by atoms with E-state index in [1.807, 2.05) is 37.1 Å². The van der Waals surface area contributed by atoms with E-state index in [0.717, 1.165) is 12.2 Å². The Bertz CT molecular complexity index is 454. The van der Waals surface area contributed by atoms with Crippen LogP contribution in [0.5, 0.6) is 0 Å². The Labute approximate surface area is 119 Å². The minimum absolute atomic E-state index is 0.00505. The first-order valence-electron chi connectivity index (χ1n) is 6.02. The second-order valence-electron chi connectivity index (χ2n) is 4.10. The van der Waals surface area contributed by atoms with E-state index in [2.05, 4.69) is 29.5 Å². The highest BCUT2D eigenvalue weighted by molar-refractivity contribution is 7.97. The van der Waals surface area contributed by atoms with Crippen LogP contribution in [0.25, 0.3) is 0 Å². The van der Waals surface area contributed by atoms with Crippen molar-refractivity contribution in [2.45, 2.75) is 19.6 Å². The van der Waals surface area contributed by atoms with Gasteiger partial charge in [0.15, 0.2) is 0 Å². The van der Waals surface area contributed by atoms with Gasteiger partial charge in [-0.05, 0) is 32.0 Å². The number of thiol groups is 1. The number of pyridine rings is 1. The van der Waals surface area contributed by atoms with Crippen molar-refractivity contribution >= 4 is 17.7 Å². The number of nitrogens with zero attached hydrogens (tertiary/aromatic N) is 2. The topological polar surface area (TPSA) is 42.4 Å². The Morgan fingerprint density at radius 1 is 1.58 bits per heavy atom. The summed E-state index contributed by atoms with van der Waals surface area (Å²) in [5.41, 5.74) is 0.915. The summed E-state index contributed by atoms with van der Waals surface area (Å²) in [6, 6.07) is 5.73. The first kappa shape index (κ1) is 15.7. The third kappa shape index (κ3) is 6.97. The molecule has 102 valence electrons. The highest BCUT2D eigenvalue weighted by Gasteiger charge is 2.05. The summed E-state index contributed by atoms with van der Waals surface area (Å²) < 4.78 is 5.53.